The lowest BCUT2D eigenvalue weighted by molar-refractivity contribution is 0.505. The molecule has 8 heteroatoms. The van der Waals surface area contributed by atoms with Gasteiger partial charge in [0, 0.05) is 28.4 Å². The molecule has 3 aromatic carbocycles. The van der Waals surface area contributed by atoms with Crippen LogP contribution in [0.3, 0.4) is 0 Å². The van der Waals surface area contributed by atoms with Gasteiger partial charge in [-0.1, -0.05) is 42.5 Å². The standard InChI is InChI=1S/C14H10N4O.C7H8N2.C3H9N/c15-13-11-6-1-2-7-12(11)16-14(17-13)9-4-3-5-10(8-9)18-19;8-5-6-3-1-2-4-7(6)9;1-4(2)3/h1-8H,(H2,15,16,17);1-5,8H,9H2;1-3H3. The van der Waals surface area contributed by atoms with E-state index in [9.17, 15) is 4.91 Å². The van der Waals surface area contributed by atoms with Crippen molar-refractivity contribution in [1.82, 2.24) is 14.9 Å². The summed E-state index contributed by atoms with van der Waals surface area (Å²) in [5, 5.41) is 10.6. The van der Waals surface area contributed by atoms with Crippen molar-refractivity contribution < 1.29 is 0 Å². The van der Waals surface area contributed by atoms with Gasteiger partial charge >= 0.3 is 0 Å². The van der Waals surface area contributed by atoms with E-state index in [-0.39, 0.29) is 0 Å². The molecule has 0 aliphatic heterocycles. The number of nitroso groups, excluding NO2 is 1. The fourth-order valence-corrected chi connectivity index (χ4v) is 2.57. The fourth-order valence-electron chi connectivity index (χ4n) is 2.57. The van der Waals surface area contributed by atoms with Gasteiger partial charge in [0.1, 0.15) is 11.5 Å². The normalized spacial score (nSPS) is 9.88. The zero-order valence-electron chi connectivity index (χ0n) is 18.4. The molecule has 0 aliphatic carbocycles. The molecule has 0 aliphatic rings. The number of nitrogens with one attached hydrogen (secondary N) is 1. The average molecular weight is 430 g/mol. The van der Waals surface area contributed by atoms with Crippen LogP contribution in [-0.2, 0) is 0 Å². The molecule has 0 amide bonds. The van der Waals surface area contributed by atoms with Crippen LogP contribution < -0.4 is 11.5 Å². The Morgan fingerprint density at radius 3 is 2.19 bits per heavy atom. The zero-order chi connectivity index (χ0) is 23.5. The summed E-state index contributed by atoms with van der Waals surface area (Å²) in [4.78, 5) is 21.3. The van der Waals surface area contributed by atoms with E-state index in [1.54, 1.807) is 24.3 Å². The second-order valence-corrected chi connectivity index (χ2v) is 7.21. The van der Waals surface area contributed by atoms with E-state index in [1.807, 2.05) is 74.6 Å². The number of aromatic nitrogens is 2. The number of para-hydroxylation sites is 2. The van der Waals surface area contributed by atoms with Crippen LogP contribution in [-0.4, -0.2) is 42.2 Å². The molecule has 0 atom stereocenters. The van der Waals surface area contributed by atoms with Crippen LogP contribution in [0.5, 0.6) is 0 Å². The molecule has 164 valence electrons. The van der Waals surface area contributed by atoms with Crippen molar-refractivity contribution in [3.63, 3.8) is 0 Å². The van der Waals surface area contributed by atoms with Gasteiger partial charge in [0.25, 0.3) is 0 Å². The highest BCUT2D eigenvalue weighted by Crippen LogP contribution is 2.25. The lowest BCUT2D eigenvalue weighted by atomic mass is 10.1. The fraction of sp³-hybridized carbons (Fsp3) is 0.125. The topological polar surface area (TPSA) is 134 Å². The molecule has 0 saturated carbocycles. The van der Waals surface area contributed by atoms with E-state index < -0.39 is 0 Å². The summed E-state index contributed by atoms with van der Waals surface area (Å²) < 4.78 is 0. The van der Waals surface area contributed by atoms with E-state index in [0.29, 0.717) is 23.0 Å². The van der Waals surface area contributed by atoms with Gasteiger partial charge in [-0.05, 0) is 56.7 Å². The molecule has 32 heavy (non-hydrogen) atoms. The van der Waals surface area contributed by atoms with Crippen LogP contribution in [0.15, 0.2) is 78.0 Å². The second-order valence-electron chi connectivity index (χ2n) is 7.21. The van der Waals surface area contributed by atoms with Gasteiger partial charge in [-0.15, -0.1) is 4.91 Å². The Hall–Kier alpha value is -4.17. The van der Waals surface area contributed by atoms with Crippen LogP contribution >= 0.6 is 0 Å². The Balaban J connectivity index is 0.000000233. The molecule has 4 rings (SSSR count). The summed E-state index contributed by atoms with van der Waals surface area (Å²) in [6.07, 6.45) is 1.25. The number of rotatable bonds is 3. The monoisotopic (exact) mass is 429 g/mol. The number of fused-ring (bicyclic) bond motifs is 1. The largest absolute Gasteiger partial charge is 0.398 e. The van der Waals surface area contributed by atoms with Crippen molar-refractivity contribution in [1.29, 1.82) is 5.41 Å². The quantitative estimate of drug-likeness (QED) is 0.245. The smallest absolute Gasteiger partial charge is 0.162 e. The minimum atomic E-state index is 0.341. The van der Waals surface area contributed by atoms with Crippen LogP contribution in [0.2, 0.25) is 0 Å². The Bertz CT molecular complexity index is 1190. The Morgan fingerprint density at radius 2 is 1.56 bits per heavy atom. The van der Waals surface area contributed by atoms with Gasteiger partial charge in [0.2, 0.25) is 0 Å². The number of hydrogen-bond acceptors (Lipinski definition) is 8. The summed E-state index contributed by atoms with van der Waals surface area (Å²) in [6.45, 7) is 0. The number of anilines is 2. The summed E-state index contributed by atoms with van der Waals surface area (Å²) in [5.74, 6) is 0.909. The molecule has 0 saturated heterocycles. The molecule has 4 aromatic rings. The van der Waals surface area contributed by atoms with E-state index in [1.165, 1.54) is 6.21 Å². The highest BCUT2D eigenvalue weighted by Gasteiger charge is 2.07. The van der Waals surface area contributed by atoms with Crippen molar-refractivity contribution in [2.24, 2.45) is 5.18 Å². The van der Waals surface area contributed by atoms with Crippen molar-refractivity contribution >= 4 is 34.3 Å². The maximum Gasteiger partial charge on any atom is 0.162 e. The minimum absolute atomic E-state index is 0.341. The van der Waals surface area contributed by atoms with Gasteiger partial charge < -0.3 is 21.8 Å². The first kappa shape index (κ1) is 24.1. The van der Waals surface area contributed by atoms with Crippen molar-refractivity contribution in [2.75, 3.05) is 32.6 Å². The average Bonchev–Trinajstić information content (AvgIpc) is 2.79. The first-order chi connectivity index (χ1) is 15.3. The van der Waals surface area contributed by atoms with E-state index >= 15 is 0 Å². The molecule has 1 heterocycles. The number of nitrogen functional groups attached to an aromatic ring is 2. The van der Waals surface area contributed by atoms with Gasteiger partial charge in [0.05, 0.1) is 5.52 Å². The van der Waals surface area contributed by atoms with Gasteiger partial charge in [-0.25, -0.2) is 9.97 Å². The lowest BCUT2D eigenvalue weighted by Crippen LogP contribution is -1.99. The van der Waals surface area contributed by atoms with Crippen LogP contribution in [0.1, 0.15) is 5.56 Å². The molecule has 0 radical (unpaired) electrons. The first-order valence-electron chi connectivity index (χ1n) is 9.77. The van der Waals surface area contributed by atoms with Crippen molar-refractivity contribution in [2.45, 2.75) is 0 Å². The number of hydrogen-bond donors (Lipinski definition) is 3. The van der Waals surface area contributed by atoms with E-state index in [2.05, 4.69) is 15.1 Å². The molecular formula is C24H27N7O. The molecule has 0 spiro atoms. The lowest BCUT2D eigenvalue weighted by Gasteiger charge is -2.05. The van der Waals surface area contributed by atoms with E-state index in [4.69, 9.17) is 16.9 Å². The Kier molecular flexibility index (Phi) is 8.94. The molecule has 0 bridgehead atoms. The molecule has 0 fully saturated rings. The third-order valence-electron chi connectivity index (χ3n) is 3.99. The van der Waals surface area contributed by atoms with Gasteiger partial charge in [-0.3, -0.25) is 0 Å². The second kappa shape index (κ2) is 11.9. The molecule has 8 nitrogen and oxygen atoms in total. The molecule has 5 N–H and O–H groups in total. The number of nitrogens with zero attached hydrogens (tertiary/aromatic N) is 4. The highest BCUT2D eigenvalue weighted by molar-refractivity contribution is 5.89. The van der Waals surface area contributed by atoms with Gasteiger partial charge in [-0.2, -0.15) is 0 Å². The van der Waals surface area contributed by atoms with Crippen LogP contribution in [0.25, 0.3) is 22.3 Å². The minimum Gasteiger partial charge on any atom is -0.398 e. The third-order valence-corrected chi connectivity index (χ3v) is 3.99. The molecule has 0 unspecified atom stereocenters. The maximum absolute atomic E-state index is 10.6. The number of benzene rings is 3. The van der Waals surface area contributed by atoms with Crippen molar-refractivity contribution in [3.8, 4) is 11.4 Å². The maximum atomic E-state index is 10.6. The predicted octanol–water partition coefficient (Wildman–Crippen LogP) is 4.72. The van der Waals surface area contributed by atoms with Crippen LogP contribution in [0.4, 0.5) is 17.2 Å². The number of nitrogens with two attached hydrogens (primary N) is 2. The van der Waals surface area contributed by atoms with Gasteiger partial charge in [0.15, 0.2) is 5.82 Å². The predicted molar refractivity (Wildman–Crippen MR) is 133 cm³/mol. The van der Waals surface area contributed by atoms with E-state index in [0.717, 1.165) is 22.0 Å². The zero-order valence-corrected chi connectivity index (χ0v) is 18.4. The Labute approximate surface area is 187 Å². The first-order valence-corrected chi connectivity index (χ1v) is 9.77. The highest BCUT2D eigenvalue weighted by atomic mass is 16.3. The summed E-state index contributed by atoms with van der Waals surface area (Å²) in [5.41, 5.74) is 14.7. The van der Waals surface area contributed by atoms with Crippen molar-refractivity contribution in [3.05, 3.63) is 83.3 Å². The molecule has 1 aromatic heterocycles. The van der Waals surface area contributed by atoms with Crippen LogP contribution in [0, 0.1) is 10.3 Å². The summed E-state index contributed by atoms with van der Waals surface area (Å²) in [6, 6.07) is 21.6. The summed E-state index contributed by atoms with van der Waals surface area (Å²) in [7, 11) is 6.00. The summed E-state index contributed by atoms with van der Waals surface area (Å²) >= 11 is 0. The SMILES string of the molecule is CN(C)C.N=Cc1ccccc1N.Nc1nc(-c2cccc(N=O)c2)nc2ccccc12. The molecular weight excluding hydrogens is 402 g/mol. The Morgan fingerprint density at radius 1 is 0.906 bits per heavy atom. The third kappa shape index (κ3) is 6.96.